The van der Waals surface area contributed by atoms with E-state index < -0.39 is 5.97 Å². The molecule has 2 N–H and O–H groups in total. The number of nitrogens with one attached hydrogen (secondary N) is 2. The van der Waals surface area contributed by atoms with Gasteiger partial charge in [-0.25, -0.2) is 4.79 Å². The SMILES string of the molecule is CC1CCN(C(=O)c2ccc(-c3ccc4[nH]ccc4c3)c(C(=O)OCCCCCl)c2)c2ccccc2N1. The van der Waals surface area contributed by atoms with Crippen molar-refractivity contribution in [1.29, 1.82) is 0 Å². The second-order valence-corrected chi connectivity index (χ2v) is 9.76. The van der Waals surface area contributed by atoms with Gasteiger partial charge in [-0.3, -0.25) is 4.79 Å². The molecule has 2 heterocycles. The van der Waals surface area contributed by atoms with Crippen LogP contribution in [0, 0.1) is 0 Å². The highest BCUT2D eigenvalue weighted by atomic mass is 35.5. The molecule has 7 heteroatoms. The number of aromatic amines is 1. The average Bonchev–Trinajstić information content (AvgIpc) is 3.32. The predicted molar refractivity (Wildman–Crippen MR) is 150 cm³/mol. The number of ether oxygens (including phenoxy) is 1. The summed E-state index contributed by atoms with van der Waals surface area (Å²) in [5, 5.41) is 4.53. The lowest BCUT2D eigenvalue weighted by atomic mass is 9.96. The van der Waals surface area contributed by atoms with Gasteiger partial charge in [-0.1, -0.05) is 24.3 Å². The van der Waals surface area contributed by atoms with Gasteiger partial charge >= 0.3 is 5.97 Å². The van der Waals surface area contributed by atoms with E-state index >= 15 is 0 Å². The van der Waals surface area contributed by atoms with Crippen LogP contribution in [0.5, 0.6) is 0 Å². The van der Waals surface area contributed by atoms with Crippen molar-refractivity contribution in [2.75, 3.05) is 29.2 Å². The maximum atomic E-state index is 13.8. The summed E-state index contributed by atoms with van der Waals surface area (Å²) in [6.45, 7) is 2.97. The Morgan fingerprint density at radius 1 is 1.05 bits per heavy atom. The number of hydrogen-bond donors (Lipinski definition) is 2. The Bertz CT molecular complexity index is 1430. The Morgan fingerprint density at radius 3 is 2.78 bits per heavy atom. The van der Waals surface area contributed by atoms with Crippen molar-refractivity contribution >= 4 is 45.8 Å². The largest absolute Gasteiger partial charge is 0.462 e. The number of carbonyl (C=O) groups is 2. The molecule has 0 saturated carbocycles. The lowest BCUT2D eigenvalue weighted by molar-refractivity contribution is 0.0501. The molecule has 6 nitrogen and oxygen atoms in total. The number of unbranched alkanes of at least 4 members (excludes halogenated alkanes) is 1. The van der Waals surface area contributed by atoms with E-state index in [0.717, 1.165) is 46.2 Å². The van der Waals surface area contributed by atoms with E-state index in [1.807, 2.05) is 60.8 Å². The highest BCUT2D eigenvalue weighted by Gasteiger charge is 2.26. The van der Waals surface area contributed by atoms with E-state index in [1.54, 1.807) is 17.0 Å². The predicted octanol–water partition coefficient (Wildman–Crippen LogP) is 6.86. The molecule has 1 atom stereocenters. The number of halogens is 1. The third-order valence-electron chi connectivity index (χ3n) is 6.74. The van der Waals surface area contributed by atoms with Crippen molar-refractivity contribution < 1.29 is 14.3 Å². The van der Waals surface area contributed by atoms with Gasteiger partial charge < -0.3 is 19.9 Å². The highest BCUT2D eigenvalue weighted by molar-refractivity contribution is 6.17. The maximum absolute atomic E-state index is 13.8. The van der Waals surface area contributed by atoms with Gasteiger partial charge in [0, 0.05) is 35.7 Å². The Balaban J connectivity index is 1.52. The van der Waals surface area contributed by atoms with Crippen LogP contribution in [0.25, 0.3) is 22.0 Å². The molecule has 0 aliphatic carbocycles. The number of alkyl halides is 1. The number of aromatic nitrogens is 1. The molecule has 0 spiro atoms. The number of rotatable bonds is 7. The first-order chi connectivity index (χ1) is 18.0. The maximum Gasteiger partial charge on any atom is 0.338 e. The molecular weight excluding hydrogens is 486 g/mol. The minimum absolute atomic E-state index is 0.146. The topological polar surface area (TPSA) is 74.4 Å². The normalized spacial score (nSPS) is 15.1. The van der Waals surface area contributed by atoms with Gasteiger partial charge in [0.15, 0.2) is 0 Å². The molecule has 0 bridgehead atoms. The average molecular weight is 516 g/mol. The van der Waals surface area contributed by atoms with Crippen LogP contribution < -0.4 is 10.2 Å². The minimum atomic E-state index is -0.444. The number of amides is 1. The Hall–Kier alpha value is -3.77. The van der Waals surface area contributed by atoms with Gasteiger partial charge in [0.05, 0.1) is 23.5 Å². The summed E-state index contributed by atoms with van der Waals surface area (Å²) < 4.78 is 5.60. The summed E-state index contributed by atoms with van der Waals surface area (Å²) in [7, 11) is 0. The molecule has 3 aromatic carbocycles. The molecular formula is C30H30ClN3O3. The highest BCUT2D eigenvalue weighted by Crippen LogP contribution is 2.33. The number of fused-ring (bicyclic) bond motifs is 2. The van der Waals surface area contributed by atoms with Crippen molar-refractivity contribution in [2.45, 2.75) is 32.2 Å². The van der Waals surface area contributed by atoms with Crippen molar-refractivity contribution in [1.82, 2.24) is 4.98 Å². The lowest BCUT2D eigenvalue weighted by Crippen LogP contribution is -2.32. The minimum Gasteiger partial charge on any atom is -0.462 e. The first-order valence-corrected chi connectivity index (χ1v) is 13.2. The number of carbonyl (C=O) groups excluding carboxylic acids is 2. The quantitative estimate of drug-likeness (QED) is 0.160. The van der Waals surface area contributed by atoms with Crippen LogP contribution in [0.4, 0.5) is 11.4 Å². The molecule has 190 valence electrons. The van der Waals surface area contributed by atoms with Gasteiger partial charge in [0.1, 0.15) is 0 Å². The van der Waals surface area contributed by atoms with Gasteiger partial charge in [-0.15, -0.1) is 11.6 Å². The fraction of sp³-hybridized carbons (Fsp3) is 0.267. The molecule has 1 amide bonds. The van der Waals surface area contributed by atoms with Crippen LogP contribution in [0.15, 0.2) is 72.9 Å². The number of nitrogens with zero attached hydrogens (tertiary/aromatic N) is 1. The molecule has 1 unspecified atom stereocenters. The molecule has 0 radical (unpaired) electrons. The van der Waals surface area contributed by atoms with E-state index in [9.17, 15) is 9.59 Å². The standard InChI is InChI=1S/C30H30ClN3O3/c1-20-13-16-34(28-7-3-2-6-27(28)33-20)29(35)23-8-10-24(21-9-11-26-22(18-21)12-15-32-26)25(19-23)30(36)37-17-5-4-14-31/h2-3,6-12,15,18-20,32-33H,4-5,13-14,16-17H2,1H3. The fourth-order valence-electron chi connectivity index (χ4n) is 4.74. The fourth-order valence-corrected chi connectivity index (χ4v) is 4.93. The summed E-state index contributed by atoms with van der Waals surface area (Å²) in [4.78, 5) is 32.1. The molecule has 5 rings (SSSR count). The lowest BCUT2D eigenvalue weighted by Gasteiger charge is -2.23. The molecule has 37 heavy (non-hydrogen) atoms. The van der Waals surface area contributed by atoms with Gasteiger partial charge in [-0.2, -0.15) is 0 Å². The molecule has 1 aliphatic rings. The van der Waals surface area contributed by atoms with Crippen LogP contribution in [0.3, 0.4) is 0 Å². The Kier molecular flexibility index (Phi) is 7.47. The third-order valence-corrected chi connectivity index (χ3v) is 7.01. The number of benzene rings is 3. The van der Waals surface area contributed by atoms with E-state index in [2.05, 4.69) is 17.2 Å². The summed E-state index contributed by atoms with van der Waals surface area (Å²) in [5.41, 5.74) is 5.22. The second-order valence-electron chi connectivity index (χ2n) is 9.38. The van der Waals surface area contributed by atoms with E-state index in [4.69, 9.17) is 16.3 Å². The van der Waals surface area contributed by atoms with Crippen molar-refractivity contribution in [3.05, 3.63) is 84.1 Å². The third kappa shape index (κ3) is 5.35. The second kappa shape index (κ2) is 11.1. The molecule has 1 aliphatic heterocycles. The zero-order chi connectivity index (χ0) is 25.8. The Morgan fingerprint density at radius 2 is 1.92 bits per heavy atom. The summed E-state index contributed by atoms with van der Waals surface area (Å²) >= 11 is 5.77. The first-order valence-electron chi connectivity index (χ1n) is 12.7. The molecule has 0 fully saturated rings. The van der Waals surface area contributed by atoms with Gasteiger partial charge in [-0.05, 0) is 85.2 Å². The van der Waals surface area contributed by atoms with Crippen molar-refractivity contribution in [2.24, 2.45) is 0 Å². The summed E-state index contributed by atoms with van der Waals surface area (Å²) in [6.07, 6.45) is 4.15. The smallest absolute Gasteiger partial charge is 0.338 e. The van der Waals surface area contributed by atoms with Crippen molar-refractivity contribution in [3.63, 3.8) is 0 Å². The number of anilines is 2. The van der Waals surface area contributed by atoms with E-state index in [1.165, 1.54) is 0 Å². The zero-order valence-electron chi connectivity index (χ0n) is 20.8. The van der Waals surface area contributed by atoms with Gasteiger partial charge in [0.2, 0.25) is 0 Å². The van der Waals surface area contributed by atoms with E-state index in [0.29, 0.717) is 30.0 Å². The van der Waals surface area contributed by atoms with Crippen LogP contribution in [0.2, 0.25) is 0 Å². The van der Waals surface area contributed by atoms with Crippen LogP contribution >= 0.6 is 11.6 Å². The van der Waals surface area contributed by atoms with E-state index in [-0.39, 0.29) is 18.6 Å². The number of hydrogen-bond acceptors (Lipinski definition) is 4. The molecule has 0 saturated heterocycles. The van der Waals surface area contributed by atoms with Crippen LogP contribution in [-0.2, 0) is 4.74 Å². The Labute approximate surface area is 221 Å². The zero-order valence-corrected chi connectivity index (χ0v) is 21.6. The summed E-state index contributed by atoms with van der Waals surface area (Å²) in [5.74, 6) is -0.0686. The first kappa shape index (κ1) is 24.9. The number of para-hydroxylation sites is 2. The molecule has 4 aromatic rings. The summed E-state index contributed by atoms with van der Waals surface area (Å²) in [6, 6.07) is 21.4. The van der Waals surface area contributed by atoms with Crippen molar-refractivity contribution in [3.8, 4) is 11.1 Å². The number of H-pyrrole nitrogens is 1. The van der Waals surface area contributed by atoms with Gasteiger partial charge in [0.25, 0.3) is 5.91 Å². The molecule has 1 aromatic heterocycles. The monoisotopic (exact) mass is 515 g/mol. The number of esters is 1. The van der Waals surface area contributed by atoms with Crippen LogP contribution in [0.1, 0.15) is 46.9 Å². The van der Waals surface area contributed by atoms with Crippen LogP contribution in [-0.4, -0.2) is 41.9 Å².